The molecule has 0 radical (unpaired) electrons. The summed E-state index contributed by atoms with van der Waals surface area (Å²) in [5, 5.41) is 9.42. The number of hydrogen-bond donors (Lipinski definition) is 1. The number of aliphatic hydroxyl groups excluding tert-OH is 1. The largest absolute Gasteiger partial charge is 0.389 e. The van der Waals surface area contributed by atoms with Crippen LogP contribution in [0.5, 0.6) is 0 Å². The predicted octanol–water partition coefficient (Wildman–Crippen LogP) is 3.10. The fourth-order valence-corrected chi connectivity index (χ4v) is 4.92. The summed E-state index contributed by atoms with van der Waals surface area (Å²) in [6.45, 7) is 3.38. The molecule has 2 saturated heterocycles. The normalized spacial score (nSPS) is 27.3. The maximum atomic E-state index is 12.5. The van der Waals surface area contributed by atoms with Gasteiger partial charge in [0.25, 0.3) is 0 Å². The molecule has 1 saturated carbocycles. The van der Waals surface area contributed by atoms with Crippen LogP contribution >= 0.6 is 0 Å². The third-order valence-electron chi connectivity index (χ3n) is 6.87. The summed E-state index contributed by atoms with van der Waals surface area (Å²) < 4.78 is 5.59. The number of hydrogen-bond acceptors (Lipinski definition) is 3. The molecule has 1 N–H and O–H groups in total. The van der Waals surface area contributed by atoms with Crippen LogP contribution in [0.4, 0.5) is 4.79 Å². The van der Waals surface area contributed by atoms with Crippen LogP contribution in [-0.2, 0) is 4.74 Å². The van der Waals surface area contributed by atoms with E-state index in [4.69, 9.17) is 4.74 Å². The molecular weight excluding hydrogens is 340 g/mol. The van der Waals surface area contributed by atoms with Gasteiger partial charge in [0.1, 0.15) is 0 Å². The Kier molecular flexibility index (Phi) is 5.42. The van der Waals surface area contributed by atoms with E-state index in [1.165, 1.54) is 24.8 Å². The predicted molar refractivity (Wildman–Crippen MR) is 105 cm³/mol. The standard InChI is InChI=1S/C22H32N2O3/c1-27-16-22(8-7-18-13-20(18)17-5-3-2-4-6-17)9-11-23(12-10-22)21(26)24-14-19(25)15-24/h2-6,18-20,25H,7-16H2,1H3/t18-,20?/m1/s1. The molecule has 2 heterocycles. The number of amides is 2. The van der Waals surface area contributed by atoms with E-state index in [2.05, 4.69) is 30.3 Å². The van der Waals surface area contributed by atoms with Crippen molar-refractivity contribution in [3.8, 4) is 0 Å². The average molecular weight is 373 g/mol. The highest BCUT2D eigenvalue weighted by molar-refractivity contribution is 5.75. The first-order valence-electron chi connectivity index (χ1n) is 10.4. The molecule has 1 aliphatic carbocycles. The molecule has 3 aliphatic rings. The molecule has 0 aromatic heterocycles. The van der Waals surface area contributed by atoms with Crippen LogP contribution in [0.3, 0.4) is 0 Å². The number of rotatable bonds is 6. The number of carbonyl (C=O) groups is 1. The molecule has 2 atom stereocenters. The van der Waals surface area contributed by atoms with Gasteiger partial charge >= 0.3 is 6.03 Å². The number of likely N-dealkylation sites (tertiary alicyclic amines) is 2. The van der Waals surface area contributed by atoms with Crippen molar-refractivity contribution in [1.82, 2.24) is 9.80 Å². The van der Waals surface area contributed by atoms with Gasteiger partial charge in [-0.2, -0.15) is 0 Å². The third-order valence-corrected chi connectivity index (χ3v) is 6.87. The second-order valence-electron chi connectivity index (χ2n) is 8.81. The first-order chi connectivity index (χ1) is 13.1. The second kappa shape index (κ2) is 7.80. The minimum Gasteiger partial charge on any atom is -0.389 e. The first kappa shape index (κ1) is 18.8. The summed E-state index contributed by atoms with van der Waals surface area (Å²) in [6.07, 6.45) is 5.48. The summed E-state index contributed by atoms with van der Waals surface area (Å²) >= 11 is 0. The van der Waals surface area contributed by atoms with Crippen LogP contribution < -0.4 is 0 Å². The SMILES string of the molecule is COCC1(CC[C@@H]2CC2c2ccccc2)CCN(C(=O)N2CC(O)C2)CC1. The third kappa shape index (κ3) is 4.14. The molecule has 0 bridgehead atoms. The highest BCUT2D eigenvalue weighted by Gasteiger charge is 2.42. The Bertz CT molecular complexity index is 636. The molecule has 4 rings (SSSR count). The van der Waals surface area contributed by atoms with E-state index >= 15 is 0 Å². The fraction of sp³-hybridized carbons (Fsp3) is 0.682. The number of urea groups is 1. The van der Waals surface area contributed by atoms with Gasteiger partial charge in [0, 0.05) is 20.2 Å². The smallest absolute Gasteiger partial charge is 0.320 e. The van der Waals surface area contributed by atoms with E-state index in [-0.39, 0.29) is 17.6 Å². The summed E-state index contributed by atoms with van der Waals surface area (Å²) in [7, 11) is 1.80. The minimum absolute atomic E-state index is 0.0950. The quantitative estimate of drug-likeness (QED) is 0.835. The van der Waals surface area contributed by atoms with Gasteiger partial charge < -0.3 is 19.6 Å². The lowest BCUT2D eigenvalue weighted by Gasteiger charge is -2.45. The number of benzene rings is 1. The van der Waals surface area contributed by atoms with Gasteiger partial charge in [-0.1, -0.05) is 30.3 Å². The van der Waals surface area contributed by atoms with Crippen molar-refractivity contribution >= 4 is 6.03 Å². The molecule has 1 aromatic rings. The van der Waals surface area contributed by atoms with Gasteiger partial charge in [-0.15, -0.1) is 0 Å². The molecule has 5 nitrogen and oxygen atoms in total. The monoisotopic (exact) mass is 372 g/mol. The van der Waals surface area contributed by atoms with Crippen LogP contribution in [0, 0.1) is 11.3 Å². The number of nitrogens with zero attached hydrogens (tertiary/aromatic N) is 2. The first-order valence-corrected chi connectivity index (χ1v) is 10.4. The molecule has 27 heavy (non-hydrogen) atoms. The Morgan fingerprint density at radius 1 is 1.19 bits per heavy atom. The highest BCUT2D eigenvalue weighted by Crippen LogP contribution is 2.52. The van der Waals surface area contributed by atoms with Crippen molar-refractivity contribution in [1.29, 1.82) is 0 Å². The molecule has 5 heteroatoms. The van der Waals surface area contributed by atoms with Gasteiger partial charge in [0.15, 0.2) is 0 Å². The van der Waals surface area contributed by atoms with E-state index in [0.717, 1.165) is 44.4 Å². The zero-order valence-electron chi connectivity index (χ0n) is 16.3. The Hall–Kier alpha value is -1.59. The number of piperidine rings is 1. The molecule has 3 fully saturated rings. The van der Waals surface area contributed by atoms with E-state index < -0.39 is 0 Å². The van der Waals surface area contributed by atoms with Gasteiger partial charge in [0.05, 0.1) is 25.8 Å². The van der Waals surface area contributed by atoms with E-state index in [1.807, 2.05) is 4.90 Å². The minimum atomic E-state index is -0.331. The highest BCUT2D eigenvalue weighted by atomic mass is 16.5. The van der Waals surface area contributed by atoms with Crippen LogP contribution in [0.2, 0.25) is 0 Å². The zero-order valence-corrected chi connectivity index (χ0v) is 16.3. The fourth-order valence-electron chi connectivity index (χ4n) is 4.92. The average Bonchev–Trinajstić information content (AvgIpc) is 3.45. The number of methoxy groups -OCH3 is 1. The van der Waals surface area contributed by atoms with E-state index in [0.29, 0.717) is 13.1 Å². The van der Waals surface area contributed by atoms with Crippen molar-refractivity contribution < 1.29 is 14.6 Å². The summed E-state index contributed by atoms with van der Waals surface area (Å²) in [6, 6.07) is 11.0. The lowest BCUT2D eigenvalue weighted by molar-refractivity contribution is -0.00630. The van der Waals surface area contributed by atoms with Crippen molar-refractivity contribution in [2.75, 3.05) is 39.9 Å². The van der Waals surface area contributed by atoms with Crippen molar-refractivity contribution in [3.63, 3.8) is 0 Å². The molecular formula is C22H32N2O3. The molecule has 2 amide bonds. The molecule has 2 aliphatic heterocycles. The Morgan fingerprint density at radius 3 is 2.52 bits per heavy atom. The van der Waals surface area contributed by atoms with Gasteiger partial charge in [-0.3, -0.25) is 0 Å². The summed E-state index contributed by atoms with van der Waals surface area (Å²) in [4.78, 5) is 16.2. The zero-order chi connectivity index (χ0) is 18.9. The molecule has 0 spiro atoms. The molecule has 1 unspecified atom stereocenters. The lowest BCUT2D eigenvalue weighted by atomic mass is 9.75. The van der Waals surface area contributed by atoms with Gasteiger partial charge in [-0.05, 0) is 54.9 Å². The lowest BCUT2D eigenvalue weighted by Crippen LogP contribution is -2.59. The van der Waals surface area contributed by atoms with E-state index in [9.17, 15) is 9.90 Å². The Balaban J connectivity index is 1.27. The van der Waals surface area contributed by atoms with E-state index in [1.54, 1.807) is 12.0 Å². The van der Waals surface area contributed by atoms with Crippen LogP contribution in [-0.4, -0.2) is 66.9 Å². The number of carbonyl (C=O) groups excluding carboxylic acids is 1. The number of ether oxygens (including phenoxy) is 1. The molecule has 1 aromatic carbocycles. The topological polar surface area (TPSA) is 53.0 Å². The Labute approximate surface area is 162 Å². The van der Waals surface area contributed by atoms with Gasteiger partial charge in [0.2, 0.25) is 0 Å². The number of β-amino-alcohol motifs (C(OH)–C–C–N with tert-alkyl or cyclic N) is 1. The maximum Gasteiger partial charge on any atom is 0.320 e. The Morgan fingerprint density at radius 2 is 1.89 bits per heavy atom. The number of aliphatic hydroxyl groups is 1. The van der Waals surface area contributed by atoms with Crippen molar-refractivity contribution in [2.45, 2.75) is 44.1 Å². The van der Waals surface area contributed by atoms with Crippen LogP contribution in [0.1, 0.15) is 43.6 Å². The second-order valence-corrected chi connectivity index (χ2v) is 8.81. The van der Waals surface area contributed by atoms with Crippen molar-refractivity contribution in [2.24, 2.45) is 11.3 Å². The summed E-state index contributed by atoms with van der Waals surface area (Å²) in [5.74, 6) is 1.55. The van der Waals surface area contributed by atoms with Crippen LogP contribution in [0.25, 0.3) is 0 Å². The summed E-state index contributed by atoms with van der Waals surface area (Å²) in [5.41, 5.74) is 1.70. The van der Waals surface area contributed by atoms with Crippen LogP contribution in [0.15, 0.2) is 30.3 Å². The van der Waals surface area contributed by atoms with Crippen molar-refractivity contribution in [3.05, 3.63) is 35.9 Å². The molecule has 148 valence electrons. The maximum absolute atomic E-state index is 12.5. The van der Waals surface area contributed by atoms with Gasteiger partial charge in [-0.25, -0.2) is 4.79 Å².